The fourth-order valence-corrected chi connectivity index (χ4v) is 3.05. The Labute approximate surface area is 141 Å². The quantitative estimate of drug-likeness (QED) is 0.740. The van der Waals surface area contributed by atoms with Gasteiger partial charge in [0.1, 0.15) is 18.1 Å². The highest BCUT2D eigenvalue weighted by atomic mass is 35.5. The standard InChI is InChI=1S/C18H20ClNO3/c19-16-12-14(17-7-5-15(13-21)23-17)4-6-18(16)22-11-10-20-8-2-1-3-9-20/h4-7,12-13H,1-3,8-11H2. The second-order valence-electron chi connectivity index (χ2n) is 5.72. The van der Waals surface area contributed by atoms with Crippen LogP contribution in [0.5, 0.6) is 5.75 Å². The first-order chi connectivity index (χ1) is 11.3. The summed E-state index contributed by atoms with van der Waals surface area (Å²) in [5.41, 5.74) is 0.825. The number of aldehydes is 1. The van der Waals surface area contributed by atoms with E-state index in [-0.39, 0.29) is 0 Å². The number of carbonyl (C=O) groups excluding carboxylic acids is 1. The van der Waals surface area contributed by atoms with Crippen molar-refractivity contribution in [3.8, 4) is 17.1 Å². The second-order valence-corrected chi connectivity index (χ2v) is 6.12. The molecule has 0 saturated carbocycles. The predicted octanol–water partition coefficient (Wildman–Crippen LogP) is 4.28. The van der Waals surface area contributed by atoms with Gasteiger partial charge in [0.05, 0.1) is 5.02 Å². The molecule has 2 heterocycles. The van der Waals surface area contributed by atoms with Crippen molar-refractivity contribution in [3.05, 3.63) is 41.1 Å². The Morgan fingerprint density at radius 3 is 2.70 bits per heavy atom. The molecule has 0 amide bonds. The number of furan rings is 1. The van der Waals surface area contributed by atoms with Crippen LogP contribution in [-0.4, -0.2) is 37.4 Å². The lowest BCUT2D eigenvalue weighted by Gasteiger charge is -2.26. The number of benzene rings is 1. The van der Waals surface area contributed by atoms with Gasteiger partial charge < -0.3 is 9.15 Å². The van der Waals surface area contributed by atoms with Crippen molar-refractivity contribution in [3.63, 3.8) is 0 Å². The van der Waals surface area contributed by atoms with Crippen LogP contribution in [0.3, 0.4) is 0 Å². The molecule has 0 bridgehead atoms. The van der Waals surface area contributed by atoms with Gasteiger partial charge in [0, 0.05) is 12.1 Å². The van der Waals surface area contributed by atoms with E-state index in [0.29, 0.717) is 35.2 Å². The fourth-order valence-electron chi connectivity index (χ4n) is 2.81. The number of hydrogen-bond acceptors (Lipinski definition) is 4. The molecule has 4 nitrogen and oxygen atoms in total. The molecular weight excluding hydrogens is 314 g/mol. The van der Waals surface area contributed by atoms with Crippen LogP contribution in [0.25, 0.3) is 11.3 Å². The maximum Gasteiger partial charge on any atom is 0.185 e. The van der Waals surface area contributed by atoms with E-state index in [0.717, 1.165) is 25.2 Å². The molecule has 0 N–H and O–H groups in total. The minimum atomic E-state index is 0.304. The molecule has 2 aromatic rings. The molecule has 1 aliphatic heterocycles. The van der Waals surface area contributed by atoms with Crippen LogP contribution in [-0.2, 0) is 0 Å². The summed E-state index contributed by atoms with van der Waals surface area (Å²) >= 11 is 6.29. The molecule has 0 atom stereocenters. The molecule has 0 spiro atoms. The van der Waals surface area contributed by atoms with Crippen LogP contribution in [0, 0.1) is 0 Å². The van der Waals surface area contributed by atoms with Crippen LogP contribution >= 0.6 is 11.6 Å². The number of rotatable bonds is 6. The number of ether oxygens (including phenoxy) is 1. The maximum atomic E-state index is 10.7. The van der Waals surface area contributed by atoms with E-state index in [4.69, 9.17) is 20.8 Å². The fraction of sp³-hybridized carbons (Fsp3) is 0.389. The van der Waals surface area contributed by atoms with Gasteiger partial charge >= 0.3 is 0 Å². The number of nitrogens with zero attached hydrogens (tertiary/aromatic N) is 1. The van der Waals surface area contributed by atoms with Gasteiger partial charge in [-0.2, -0.15) is 0 Å². The molecule has 5 heteroatoms. The summed E-state index contributed by atoms with van der Waals surface area (Å²) in [7, 11) is 0. The van der Waals surface area contributed by atoms with E-state index in [1.807, 2.05) is 12.1 Å². The van der Waals surface area contributed by atoms with Crippen molar-refractivity contribution < 1.29 is 13.9 Å². The topological polar surface area (TPSA) is 42.7 Å². The normalized spacial score (nSPS) is 15.5. The van der Waals surface area contributed by atoms with Gasteiger partial charge in [0.15, 0.2) is 12.0 Å². The number of piperidine rings is 1. The summed E-state index contributed by atoms with van der Waals surface area (Å²) in [6, 6.07) is 8.92. The zero-order chi connectivity index (χ0) is 16.1. The highest BCUT2D eigenvalue weighted by Gasteiger charge is 2.11. The smallest absolute Gasteiger partial charge is 0.185 e. The summed E-state index contributed by atoms with van der Waals surface area (Å²) in [6.45, 7) is 3.88. The monoisotopic (exact) mass is 333 g/mol. The number of halogens is 1. The van der Waals surface area contributed by atoms with Crippen molar-refractivity contribution in [1.29, 1.82) is 0 Å². The molecule has 0 aliphatic carbocycles. The first-order valence-corrected chi connectivity index (χ1v) is 8.34. The summed E-state index contributed by atoms with van der Waals surface area (Å²) in [4.78, 5) is 13.1. The molecule has 0 unspecified atom stereocenters. The molecule has 3 rings (SSSR count). The lowest BCUT2D eigenvalue weighted by atomic mass is 10.1. The second kappa shape index (κ2) is 7.66. The number of likely N-dealkylation sites (tertiary alicyclic amines) is 1. The maximum absolute atomic E-state index is 10.7. The van der Waals surface area contributed by atoms with Gasteiger partial charge in [-0.25, -0.2) is 0 Å². The van der Waals surface area contributed by atoms with Gasteiger partial charge in [-0.15, -0.1) is 0 Å². The summed E-state index contributed by atoms with van der Waals surface area (Å²) in [6.07, 6.45) is 4.58. The Bertz CT molecular complexity index is 662. The highest BCUT2D eigenvalue weighted by Crippen LogP contribution is 2.31. The summed E-state index contributed by atoms with van der Waals surface area (Å²) in [5, 5.41) is 0.546. The molecule has 1 saturated heterocycles. The van der Waals surface area contributed by atoms with E-state index in [2.05, 4.69) is 4.90 Å². The Balaban J connectivity index is 1.59. The minimum Gasteiger partial charge on any atom is -0.491 e. The molecule has 23 heavy (non-hydrogen) atoms. The van der Waals surface area contributed by atoms with Gasteiger partial charge in [-0.05, 0) is 56.3 Å². The third kappa shape index (κ3) is 4.15. The third-order valence-corrected chi connectivity index (χ3v) is 4.37. The first kappa shape index (κ1) is 16.1. The van der Waals surface area contributed by atoms with Crippen LogP contribution in [0.1, 0.15) is 29.8 Å². The molecular formula is C18H20ClNO3. The average molecular weight is 334 g/mol. The Kier molecular flexibility index (Phi) is 5.36. The molecule has 1 aromatic heterocycles. The van der Waals surface area contributed by atoms with E-state index < -0.39 is 0 Å². The summed E-state index contributed by atoms with van der Waals surface area (Å²) in [5.74, 6) is 1.60. The van der Waals surface area contributed by atoms with Crippen LogP contribution in [0.2, 0.25) is 5.02 Å². The van der Waals surface area contributed by atoms with Gasteiger partial charge in [0.25, 0.3) is 0 Å². The van der Waals surface area contributed by atoms with E-state index >= 15 is 0 Å². The van der Waals surface area contributed by atoms with Crippen molar-refractivity contribution >= 4 is 17.9 Å². The van der Waals surface area contributed by atoms with Crippen LogP contribution < -0.4 is 4.74 Å². The van der Waals surface area contributed by atoms with Crippen molar-refractivity contribution in [1.82, 2.24) is 4.90 Å². The van der Waals surface area contributed by atoms with Crippen molar-refractivity contribution in [2.75, 3.05) is 26.2 Å². The SMILES string of the molecule is O=Cc1ccc(-c2ccc(OCCN3CCCCC3)c(Cl)c2)o1. The largest absolute Gasteiger partial charge is 0.491 e. The van der Waals surface area contributed by atoms with Crippen molar-refractivity contribution in [2.24, 2.45) is 0 Å². The van der Waals surface area contributed by atoms with Crippen LogP contribution in [0.4, 0.5) is 0 Å². The Morgan fingerprint density at radius 2 is 2.00 bits per heavy atom. The Hall–Kier alpha value is -1.78. The van der Waals surface area contributed by atoms with E-state index in [1.54, 1.807) is 18.2 Å². The third-order valence-electron chi connectivity index (χ3n) is 4.07. The zero-order valence-corrected chi connectivity index (χ0v) is 13.7. The molecule has 122 valence electrons. The zero-order valence-electron chi connectivity index (χ0n) is 13.0. The lowest BCUT2D eigenvalue weighted by molar-refractivity contribution is 0.110. The van der Waals surface area contributed by atoms with Crippen molar-refractivity contribution in [2.45, 2.75) is 19.3 Å². The minimum absolute atomic E-state index is 0.304. The first-order valence-electron chi connectivity index (χ1n) is 7.96. The summed E-state index contributed by atoms with van der Waals surface area (Å²) < 4.78 is 11.2. The van der Waals surface area contributed by atoms with E-state index in [1.165, 1.54) is 19.3 Å². The lowest BCUT2D eigenvalue weighted by Crippen LogP contribution is -2.33. The van der Waals surface area contributed by atoms with Crippen LogP contribution in [0.15, 0.2) is 34.7 Å². The van der Waals surface area contributed by atoms with Gasteiger partial charge in [0.2, 0.25) is 0 Å². The molecule has 1 aromatic carbocycles. The van der Waals surface area contributed by atoms with Gasteiger partial charge in [-0.3, -0.25) is 9.69 Å². The van der Waals surface area contributed by atoms with Gasteiger partial charge in [-0.1, -0.05) is 18.0 Å². The molecule has 0 radical (unpaired) electrons. The van der Waals surface area contributed by atoms with E-state index in [9.17, 15) is 4.79 Å². The number of hydrogen-bond donors (Lipinski definition) is 0. The highest BCUT2D eigenvalue weighted by molar-refractivity contribution is 6.32. The molecule has 1 fully saturated rings. The molecule has 1 aliphatic rings. The number of carbonyl (C=O) groups is 1. The predicted molar refractivity (Wildman–Crippen MR) is 90.3 cm³/mol. The average Bonchev–Trinajstić information content (AvgIpc) is 3.06. The Morgan fingerprint density at radius 1 is 1.17 bits per heavy atom.